The highest BCUT2D eigenvalue weighted by Crippen LogP contribution is 2.33. The minimum atomic E-state index is -3.82. The maximum Gasteiger partial charge on any atom is 0.248 e. The van der Waals surface area contributed by atoms with Gasteiger partial charge >= 0.3 is 0 Å². The summed E-state index contributed by atoms with van der Waals surface area (Å²) < 4.78 is 25.9. The molecule has 1 N–H and O–H groups in total. The summed E-state index contributed by atoms with van der Waals surface area (Å²) in [6, 6.07) is 10.1. The smallest absolute Gasteiger partial charge is 0.248 e. The molecule has 2 rings (SSSR count). The number of anilines is 2. The van der Waals surface area contributed by atoms with Crippen LogP contribution in [0.25, 0.3) is 0 Å². The van der Waals surface area contributed by atoms with E-state index in [-0.39, 0.29) is 17.1 Å². The van der Waals surface area contributed by atoms with Crippen LogP contribution in [0.3, 0.4) is 0 Å². The zero-order valence-corrected chi connectivity index (χ0v) is 17.1. The van der Waals surface area contributed by atoms with Crippen LogP contribution in [-0.4, -0.2) is 26.6 Å². The van der Waals surface area contributed by atoms with Gasteiger partial charge in [0.2, 0.25) is 15.9 Å². The molecule has 0 aliphatic heterocycles. The molecule has 2 aromatic rings. The third-order valence-corrected chi connectivity index (χ3v) is 5.66. The summed E-state index contributed by atoms with van der Waals surface area (Å²) in [6.07, 6.45) is 1.22. The van der Waals surface area contributed by atoms with Gasteiger partial charge in [0.1, 0.15) is 6.04 Å². The number of para-hydroxylation sites is 1. The molecule has 1 atom stereocenters. The van der Waals surface area contributed by atoms with Crippen molar-refractivity contribution >= 4 is 62.1 Å². The van der Waals surface area contributed by atoms with Gasteiger partial charge < -0.3 is 5.32 Å². The van der Waals surface area contributed by atoms with Crippen LogP contribution in [0.15, 0.2) is 42.5 Å². The standard InChI is InChI=1S/C17H17Cl3N2O3S/c1-3-15(17(23)21-14-7-5-4-6-12(14)19)22(26(2,24)25)16-10-11(18)8-9-13(16)20/h4-10,15H,3H2,1-2H3,(H,21,23)/t15-/m0/s1. The van der Waals surface area contributed by atoms with Gasteiger partial charge in [0.25, 0.3) is 0 Å². The normalized spacial score (nSPS) is 12.5. The Morgan fingerprint density at radius 1 is 1.12 bits per heavy atom. The molecule has 2 aromatic carbocycles. The van der Waals surface area contributed by atoms with Gasteiger partial charge in [0, 0.05) is 5.02 Å². The lowest BCUT2D eigenvalue weighted by molar-refractivity contribution is -0.117. The van der Waals surface area contributed by atoms with Gasteiger partial charge in [-0.15, -0.1) is 0 Å². The van der Waals surface area contributed by atoms with Gasteiger partial charge in [-0.1, -0.05) is 53.9 Å². The summed E-state index contributed by atoms with van der Waals surface area (Å²) >= 11 is 18.2. The summed E-state index contributed by atoms with van der Waals surface area (Å²) in [6.45, 7) is 1.70. The number of amides is 1. The predicted octanol–water partition coefficient (Wildman–Crippen LogP) is 4.83. The lowest BCUT2D eigenvalue weighted by Crippen LogP contribution is -2.47. The average molecular weight is 436 g/mol. The van der Waals surface area contributed by atoms with E-state index in [9.17, 15) is 13.2 Å². The fourth-order valence-electron chi connectivity index (χ4n) is 2.47. The Morgan fingerprint density at radius 3 is 2.35 bits per heavy atom. The van der Waals surface area contributed by atoms with Crippen molar-refractivity contribution < 1.29 is 13.2 Å². The lowest BCUT2D eigenvalue weighted by atomic mass is 10.1. The molecular formula is C17H17Cl3N2O3S. The summed E-state index contributed by atoms with van der Waals surface area (Å²) in [5.41, 5.74) is 0.533. The zero-order valence-electron chi connectivity index (χ0n) is 14.0. The number of nitrogens with zero attached hydrogens (tertiary/aromatic N) is 1. The van der Waals surface area contributed by atoms with Crippen molar-refractivity contribution in [1.82, 2.24) is 0 Å². The summed E-state index contributed by atoms with van der Waals surface area (Å²) in [5.74, 6) is -0.526. The van der Waals surface area contributed by atoms with Gasteiger partial charge in [0.05, 0.1) is 27.7 Å². The van der Waals surface area contributed by atoms with Crippen LogP contribution >= 0.6 is 34.8 Å². The first-order valence-corrected chi connectivity index (χ1v) is 10.6. The molecule has 140 valence electrons. The van der Waals surface area contributed by atoms with Crippen LogP contribution in [0.2, 0.25) is 15.1 Å². The molecule has 0 aromatic heterocycles. The molecule has 0 heterocycles. The molecule has 0 saturated carbocycles. The number of halogens is 3. The Morgan fingerprint density at radius 2 is 1.77 bits per heavy atom. The minimum absolute atomic E-state index is 0.142. The van der Waals surface area contributed by atoms with E-state index in [2.05, 4.69) is 5.32 Å². The second-order valence-electron chi connectivity index (χ2n) is 5.55. The topological polar surface area (TPSA) is 66.5 Å². The predicted molar refractivity (Wildman–Crippen MR) is 108 cm³/mol. The summed E-state index contributed by atoms with van der Waals surface area (Å²) in [4.78, 5) is 12.8. The highest BCUT2D eigenvalue weighted by atomic mass is 35.5. The second kappa shape index (κ2) is 8.48. The van der Waals surface area contributed by atoms with Crippen LogP contribution < -0.4 is 9.62 Å². The van der Waals surface area contributed by atoms with Crippen LogP contribution in [0.1, 0.15) is 13.3 Å². The first-order valence-electron chi connectivity index (χ1n) is 7.65. The summed E-state index contributed by atoms with van der Waals surface area (Å²) in [5, 5.41) is 3.49. The third kappa shape index (κ3) is 4.82. The van der Waals surface area contributed by atoms with Crippen molar-refractivity contribution in [2.75, 3.05) is 15.9 Å². The van der Waals surface area contributed by atoms with Crippen molar-refractivity contribution in [2.45, 2.75) is 19.4 Å². The lowest BCUT2D eigenvalue weighted by Gasteiger charge is -2.30. The largest absolute Gasteiger partial charge is 0.323 e. The molecule has 0 spiro atoms. The molecule has 0 unspecified atom stereocenters. The summed E-state index contributed by atoms with van der Waals surface area (Å²) in [7, 11) is -3.82. The number of hydrogen-bond acceptors (Lipinski definition) is 3. The molecule has 0 aliphatic carbocycles. The number of benzene rings is 2. The molecule has 0 aliphatic rings. The monoisotopic (exact) mass is 434 g/mol. The zero-order chi connectivity index (χ0) is 19.5. The van der Waals surface area contributed by atoms with Crippen LogP contribution in [0.4, 0.5) is 11.4 Å². The Bertz CT molecular complexity index is 919. The van der Waals surface area contributed by atoms with Crippen LogP contribution in [-0.2, 0) is 14.8 Å². The number of sulfonamides is 1. The number of hydrogen-bond donors (Lipinski definition) is 1. The molecule has 0 radical (unpaired) electrons. The van der Waals surface area contributed by atoms with E-state index >= 15 is 0 Å². The van der Waals surface area contributed by atoms with E-state index in [4.69, 9.17) is 34.8 Å². The van der Waals surface area contributed by atoms with E-state index in [0.717, 1.165) is 10.6 Å². The molecule has 0 saturated heterocycles. The van der Waals surface area contributed by atoms with E-state index in [1.807, 2.05) is 0 Å². The first kappa shape index (κ1) is 20.8. The molecule has 26 heavy (non-hydrogen) atoms. The van der Waals surface area contributed by atoms with Gasteiger partial charge in [-0.05, 0) is 36.8 Å². The van der Waals surface area contributed by atoms with Crippen LogP contribution in [0.5, 0.6) is 0 Å². The Hall–Kier alpha value is -1.47. The molecule has 0 bridgehead atoms. The van der Waals surface area contributed by atoms with Gasteiger partial charge in [-0.2, -0.15) is 0 Å². The number of carbonyl (C=O) groups is 1. The fourth-order valence-corrected chi connectivity index (χ4v) is 4.29. The minimum Gasteiger partial charge on any atom is -0.323 e. The SMILES string of the molecule is CC[C@@H](C(=O)Nc1ccccc1Cl)N(c1cc(Cl)ccc1Cl)S(C)(=O)=O. The molecular weight excluding hydrogens is 419 g/mol. The number of rotatable bonds is 6. The van der Waals surface area contributed by atoms with E-state index < -0.39 is 22.0 Å². The molecule has 5 nitrogen and oxygen atoms in total. The van der Waals surface area contributed by atoms with Gasteiger partial charge in [-0.3, -0.25) is 9.10 Å². The average Bonchev–Trinajstić information content (AvgIpc) is 2.56. The number of nitrogens with one attached hydrogen (secondary N) is 1. The van der Waals surface area contributed by atoms with Crippen molar-refractivity contribution in [3.8, 4) is 0 Å². The fraction of sp³-hybridized carbons (Fsp3) is 0.235. The highest BCUT2D eigenvalue weighted by Gasteiger charge is 2.33. The Labute approximate surface area is 167 Å². The molecule has 9 heteroatoms. The maximum atomic E-state index is 12.8. The Balaban J connectivity index is 2.47. The first-order chi connectivity index (χ1) is 12.1. The number of carbonyl (C=O) groups excluding carboxylic acids is 1. The van der Waals surface area contributed by atoms with Crippen molar-refractivity contribution in [1.29, 1.82) is 0 Å². The van der Waals surface area contributed by atoms with Gasteiger partial charge in [0.15, 0.2) is 0 Å². The second-order valence-corrected chi connectivity index (χ2v) is 8.66. The molecule has 0 fully saturated rings. The third-order valence-electron chi connectivity index (χ3n) is 3.61. The van der Waals surface area contributed by atoms with E-state index in [0.29, 0.717) is 15.7 Å². The van der Waals surface area contributed by atoms with E-state index in [1.165, 1.54) is 12.1 Å². The molecule has 1 amide bonds. The van der Waals surface area contributed by atoms with Crippen LogP contribution in [0, 0.1) is 0 Å². The Kier molecular flexibility index (Phi) is 6.80. The maximum absolute atomic E-state index is 12.8. The van der Waals surface area contributed by atoms with Crippen molar-refractivity contribution in [3.63, 3.8) is 0 Å². The van der Waals surface area contributed by atoms with Gasteiger partial charge in [-0.25, -0.2) is 8.42 Å². The van der Waals surface area contributed by atoms with Crippen molar-refractivity contribution in [3.05, 3.63) is 57.5 Å². The van der Waals surface area contributed by atoms with E-state index in [1.54, 1.807) is 37.3 Å². The van der Waals surface area contributed by atoms with Crippen molar-refractivity contribution in [2.24, 2.45) is 0 Å². The quantitative estimate of drug-likeness (QED) is 0.706. The highest BCUT2D eigenvalue weighted by molar-refractivity contribution is 7.92.